The predicted molar refractivity (Wildman–Crippen MR) is 71.0 cm³/mol. The molecule has 1 aliphatic rings. The highest BCUT2D eigenvalue weighted by atomic mass is 16.5. The molecular formula is C15H23NO. The first-order valence-corrected chi connectivity index (χ1v) is 6.36. The normalized spacial score (nSPS) is 26.6. The molecule has 0 aromatic heterocycles. The predicted octanol–water partition coefficient (Wildman–Crippen LogP) is 2.90. The van der Waals surface area contributed by atoms with Crippen LogP contribution in [0.3, 0.4) is 0 Å². The van der Waals surface area contributed by atoms with Crippen molar-refractivity contribution >= 4 is 0 Å². The molecule has 0 amide bonds. The largest absolute Gasteiger partial charge is 0.381 e. The fraction of sp³-hybridized carbons (Fsp3) is 0.600. The summed E-state index contributed by atoms with van der Waals surface area (Å²) in [6.07, 6.45) is 1.52. The van der Waals surface area contributed by atoms with Gasteiger partial charge in [0.2, 0.25) is 0 Å². The van der Waals surface area contributed by atoms with Crippen LogP contribution in [0.2, 0.25) is 0 Å². The van der Waals surface area contributed by atoms with Crippen molar-refractivity contribution in [2.45, 2.75) is 45.9 Å². The van der Waals surface area contributed by atoms with Crippen molar-refractivity contribution in [3.8, 4) is 0 Å². The Bertz CT molecular complexity index is 386. The van der Waals surface area contributed by atoms with Crippen LogP contribution in [0, 0.1) is 12.3 Å². The van der Waals surface area contributed by atoms with E-state index in [1.807, 2.05) is 7.11 Å². The van der Waals surface area contributed by atoms with Crippen molar-refractivity contribution in [2.24, 2.45) is 5.41 Å². The van der Waals surface area contributed by atoms with Crippen molar-refractivity contribution in [3.05, 3.63) is 35.4 Å². The molecule has 0 bridgehead atoms. The lowest BCUT2D eigenvalue weighted by molar-refractivity contribution is -0.0979. The summed E-state index contributed by atoms with van der Waals surface area (Å²) in [5.74, 6) is 0. The quantitative estimate of drug-likeness (QED) is 0.863. The first-order chi connectivity index (χ1) is 8.05. The van der Waals surface area contributed by atoms with E-state index < -0.39 is 0 Å². The minimum Gasteiger partial charge on any atom is -0.381 e. The first-order valence-electron chi connectivity index (χ1n) is 6.36. The van der Waals surface area contributed by atoms with Crippen molar-refractivity contribution < 1.29 is 4.74 Å². The fourth-order valence-corrected chi connectivity index (χ4v) is 2.67. The molecule has 0 spiro atoms. The zero-order chi connectivity index (χ0) is 12.5. The highest BCUT2D eigenvalue weighted by Crippen LogP contribution is 2.42. The third-order valence-electron chi connectivity index (χ3n) is 4.26. The van der Waals surface area contributed by atoms with E-state index in [9.17, 15) is 0 Å². The van der Waals surface area contributed by atoms with E-state index >= 15 is 0 Å². The lowest BCUT2D eigenvalue weighted by Gasteiger charge is -2.51. The number of rotatable bonds is 4. The van der Waals surface area contributed by atoms with Crippen molar-refractivity contribution in [2.75, 3.05) is 7.11 Å². The van der Waals surface area contributed by atoms with E-state index in [1.165, 1.54) is 11.1 Å². The van der Waals surface area contributed by atoms with Gasteiger partial charge in [0.1, 0.15) is 0 Å². The second-order valence-electron chi connectivity index (χ2n) is 5.64. The molecule has 0 radical (unpaired) electrons. The van der Waals surface area contributed by atoms with E-state index in [2.05, 4.69) is 50.4 Å². The molecule has 2 rings (SSSR count). The Hall–Kier alpha value is -0.860. The smallest absolute Gasteiger partial charge is 0.0652 e. The Morgan fingerprint density at radius 3 is 2.65 bits per heavy atom. The summed E-state index contributed by atoms with van der Waals surface area (Å²) < 4.78 is 5.47. The van der Waals surface area contributed by atoms with Crippen molar-refractivity contribution in [3.63, 3.8) is 0 Å². The number of benzene rings is 1. The number of nitrogens with one attached hydrogen (secondary N) is 1. The van der Waals surface area contributed by atoms with Gasteiger partial charge in [0.25, 0.3) is 0 Å². The topological polar surface area (TPSA) is 21.3 Å². The molecule has 2 atom stereocenters. The second-order valence-corrected chi connectivity index (χ2v) is 5.64. The SMILES string of the molecule is COC1CC(NCc2ccccc2C)C1(C)C. The molecule has 1 saturated carbocycles. The van der Waals surface area contributed by atoms with Gasteiger partial charge < -0.3 is 10.1 Å². The highest BCUT2D eigenvalue weighted by Gasteiger charge is 2.48. The van der Waals surface area contributed by atoms with Gasteiger partial charge in [-0.3, -0.25) is 0 Å². The Kier molecular flexibility index (Phi) is 3.55. The Labute approximate surface area is 104 Å². The van der Waals surface area contributed by atoms with Crippen molar-refractivity contribution in [1.29, 1.82) is 0 Å². The standard InChI is InChI=1S/C15H23NO/c1-11-7-5-6-8-12(11)10-16-13-9-14(17-4)15(13,2)3/h5-8,13-14,16H,9-10H2,1-4H3. The Morgan fingerprint density at radius 1 is 1.35 bits per heavy atom. The average molecular weight is 233 g/mol. The third kappa shape index (κ3) is 2.38. The molecule has 0 heterocycles. The first kappa shape index (κ1) is 12.6. The zero-order valence-corrected chi connectivity index (χ0v) is 11.3. The maximum Gasteiger partial charge on any atom is 0.0652 e. The van der Waals surface area contributed by atoms with Crippen LogP contribution in [0.15, 0.2) is 24.3 Å². The maximum absolute atomic E-state index is 5.47. The molecule has 1 N–H and O–H groups in total. The van der Waals surface area contributed by atoms with Gasteiger partial charge in [-0.25, -0.2) is 0 Å². The average Bonchev–Trinajstić information content (AvgIpc) is 2.30. The molecular weight excluding hydrogens is 210 g/mol. The van der Waals surface area contributed by atoms with Crippen LogP contribution in [0.25, 0.3) is 0 Å². The van der Waals surface area contributed by atoms with E-state index in [1.54, 1.807) is 0 Å². The number of methoxy groups -OCH3 is 1. The van der Waals surface area contributed by atoms with Crippen LogP contribution in [0.1, 0.15) is 31.4 Å². The zero-order valence-electron chi connectivity index (χ0n) is 11.3. The molecule has 2 unspecified atom stereocenters. The van der Waals surface area contributed by atoms with E-state index in [0.717, 1.165) is 13.0 Å². The minimum atomic E-state index is 0.247. The summed E-state index contributed by atoms with van der Waals surface area (Å²) in [6.45, 7) is 7.68. The molecule has 2 nitrogen and oxygen atoms in total. The van der Waals surface area contributed by atoms with Crippen LogP contribution in [-0.2, 0) is 11.3 Å². The van der Waals surface area contributed by atoms with E-state index in [-0.39, 0.29) is 5.41 Å². The molecule has 0 saturated heterocycles. The molecule has 0 aliphatic heterocycles. The lowest BCUT2D eigenvalue weighted by Crippen LogP contribution is -2.60. The lowest BCUT2D eigenvalue weighted by atomic mass is 9.64. The summed E-state index contributed by atoms with van der Waals surface area (Å²) in [7, 11) is 1.81. The number of aryl methyl sites for hydroxylation is 1. The summed E-state index contributed by atoms with van der Waals surface area (Å²) >= 11 is 0. The third-order valence-corrected chi connectivity index (χ3v) is 4.26. The van der Waals surface area contributed by atoms with Gasteiger partial charge in [-0.2, -0.15) is 0 Å². The monoisotopic (exact) mass is 233 g/mol. The van der Waals surface area contributed by atoms with Gasteiger partial charge in [-0.15, -0.1) is 0 Å². The minimum absolute atomic E-state index is 0.247. The summed E-state index contributed by atoms with van der Waals surface area (Å²) in [6, 6.07) is 9.12. The molecule has 1 aliphatic carbocycles. The molecule has 94 valence electrons. The van der Waals surface area contributed by atoms with Crippen LogP contribution in [0.4, 0.5) is 0 Å². The number of hydrogen-bond acceptors (Lipinski definition) is 2. The molecule has 1 fully saturated rings. The molecule has 17 heavy (non-hydrogen) atoms. The molecule has 2 heteroatoms. The van der Waals surface area contributed by atoms with Crippen LogP contribution >= 0.6 is 0 Å². The molecule has 1 aromatic rings. The van der Waals surface area contributed by atoms with Gasteiger partial charge in [0, 0.05) is 25.1 Å². The number of hydrogen-bond donors (Lipinski definition) is 1. The maximum atomic E-state index is 5.47. The van der Waals surface area contributed by atoms with Crippen LogP contribution in [-0.4, -0.2) is 19.3 Å². The van der Waals surface area contributed by atoms with Gasteiger partial charge in [-0.05, 0) is 24.5 Å². The summed E-state index contributed by atoms with van der Waals surface area (Å²) in [5, 5.41) is 3.65. The Morgan fingerprint density at radius 2 is 2.06 bits per heavy atom. The summed E-state index contributed by atoms with van der Waals surface area (Å²) in [5.41, 5.74) is 3.00. The fourth-order valence-electron chi connectivity index (χ4n) is 2.67. The van der Waals surface area contributed by atoms with Crippen LogP contribution in [0.5, 0.6) is 0 Å². The number of ether oxygens (including phenoxy) is 1. The van der Waals surface area contributed by atoms with Gasteiger partial charge in [0.05, 0.1) is 6.10 Å². The van der Waals surface area contributed by atoms with Gasteiger partial charge in [0.15, 0.2) is 0 Å². The molecule has 1 aromatic carbocycles. The van der Waals surface area contributed by atoms with Gasteiger partial charge in [-0.1, -0.05) is 38.1 Å². The van der Waals surface area contributed by atoms with Crippen molar-refractivity contribution in [1.82, 2.24) is 5.32 Å². The highest BCUT2D eigenvalue weighted by molar-refractivity contribution is 5.25. The summed E-state index contributed by atoms with van der Waals surface area (Å²) in [4.78, 5) is 0. The Balaban J connectivity index is 1.91. The van der Waals surface area contributed by atoms with Crippen LogP contribution < -0.4 is 5.32 Å². The van der Waals surface area contributed by atoms with Gasteiger partial charge >= 0.3 is 0 Å². The second kappa shape index (κ2) is 4.79. The van der Waals surface area contributed by atoms with E-state index in [0.29, 0.717) is 12.1 Å². The van der Waals surface area contributed by atoms with E-state index in [4.69, 9.17) is 4.74 Å².